The van der Waals surface area contributed by atoms with Crippen LogP contribution in [-0.4, -0.2) is 28.3 Å². The van der Waals surface area contributed by atoms with Gasteiger partial charge in [-0.2, -0.15) is 0 Å². The van der Waals surface area contributed by atoms with Crippen molar-refractivity contribution in [2.45, 2.75) is 27.2 Å². The molecule has 0 saturated carbocycles. The molecule has 0 saturated heterocycles. The van der Waals surface area contributed by atoms with Crippen LogP contribution in [0.2, 0.25) is 0 Å². The topological polar surface area (TPSA) is 97.1 Å². The Bertz CT molecular complexity index is 694. The summed E-state index contributed by atoms with van der Waals surface area (Å²) < 4.78 is 5.20. The van der Waals surface area contributed by atoms with Crippen LogP contribution in [0.5, 0.6) is 0 Å². The highest BCUT2D eigenvalue weighted by molar-refractivity contribution is 5.94. The Morgan fingerprint density at radius 3 is 2.68 bits per heavy atom. The van der Waals surface area contributed by atoms with Crippen LogP contribution in [0.25, 0.3) is 0 Å². The number of anilines is 1. The fourth-order valence-corrected chi connectivity index (χ4v) is 1.92. The minimum Gasteiger partial charge on any atom is -0.445 e. The van der Waals surface area contributed by atoms with E-state index in [1.165, 1.54) is 0 Å². The zero-order chi connectivity index (χ0) is 16.1. The first kappa shape index (κ1) is 15.7. The fourth-order valence-electron chi connectivity index (χ4n) is 1.92. The molecule has 0 atom stereocenters. The van der Waals surface area contributed by atoms with Crippen molar-refractivity contribution in [1.82, 2.24) is 15.3 Å². The van der Waals surface area contributed by atoms with E-state index in [0.717, 1.165) is 5.56 Å². The van der Waals surface area contributed by atoms with Crippen molar-refractivity contribution in [3.63, 3.8) is 0 Å². The summed E-state index contributed by atoms with van der Waals surface area (Å²) in [5.74, 6) is 0.864. The monoisotopic (exact) mass is 302 g/mol. The SMILES string of the molecule is Cc1nc(C(=O)NCCC(=O)Nc2ncccc2C)c(C)o1. The largest absolute Gasteiger partial charge is 0.445 e. The summed E-state index contributed by atoms with van der Waals surface area (Å²) in [6.45, 7) is 5.42. The molecule has 7 heteroatoms. The molecule has 2 amide bonds. The first-order chi connectivity index (χ1) is 10.5. The Morgan fingerprint density at radius 1 is 1.27 bits per heavy atom. The van der Waals surface area contributed by atoms with Gasteiger partial charge in [-0.05, 0) is 25.5 Å². The maximum atomic E-state index is 11.9. The van der Waals surface area contributed by atoms with Crippen LogP contribution >= 0.6 is 0 Å². The number of carbonyl (C=O) groups excluding carboxylic acids is 2. The summed E-state index contributed by atoms with van der Waals surface area (Å²) in [6, 6.07) is 3.66. The van der Waals surface area contributed by atoms with Crippen molar-refractivity contribution in [1.29, 1.82) is 0 Å². The van der Waals surface area contributed by atoms with Crippen LogP contribution in [0, 0.1) is 20.8 Å². The second-order valence-corrected chi connectivity index (χ2v) is 4.86. The lowest BCUT2D eigenvalue weighted by Gasteiger charge is -2.07. The summed E-state index contributed by atoms with van der Waals surface area (Å²) in [5.41, 5.74) is 1.13. The second-order valence-electron chi connectivity index (χ2n) is 4.86. The van der Waals surface area contributed by atoms with Gasteiger partial charge < -0.3 is 15.1 Å². The normalized spacial score (nSPS) is 10.3. The third kappa shape index (κ3) is 3.91. The van der Waals surface area contributed by atoms with Crippen molar-refractivity contribution in [3.05, 3.63) is 41.2 Å². The number of pyridine rings is 1. The molecular formula is C15H18N4O3. The highest BCUT2D eigenvalue weighted by atomic mass is 16.4. The second kappa shape index (κ2) is 6.84. The molecule has 0 spiro atoms. The molecule has 0 aromatic carbocycles. The Kier molecular flexibility index (Phi) is 4.88. The Morgan fingerprint density at radius 2 is 2.05 bits per heavy atom. The molecule has 0 aliphatic heterocycles. The number of aromatic nitrogens is 2. The van der Waals surface area contributed by atoms with E-state index < -0.39 is 0 Å². The van der Waals surface area contributed by atoms with Gasteiger partial charge in [0.2, 0.25) is 5.91 Å². The lowest BCUT2D eigenvalue weighted by atomic mass is 10.3. The average molecular weight is 302 g/mol. The van der Waals surface area contributed by atoms with Gasteiger partial charge in [0, 0.05) is 26.1 Å². The van der Waals surface area contributed by atoms with Crippen LogP contribution in [0.15, 0.2) is 22.7 Å². The summed E-state index contributed by atoms with van der Waals surface area (Å²) >= 11 is 0. The minimum atomic E-state index is -0.351. The Labute approximate surface area is 128 Å². The first-order valence-corrected chi connectivity index (χ1v) is 6.91. The first-order valence-electron chi connectivity index (χ1n) is 6.91. The molecule has 2 N–H and O–H groups in total. The van der Waals surface area contributed by atoms with Gasteiger partial charge in [-0.15, -0.1) is 0 Å². The van der Waals surface area contributed by atoms with Gasteiger partial charge in [0.15, 0.2) is 11.6 Å². The molecule has 116 valence electrons. The average Bonchev–Trinajstić information content (AvgIpc) is 2.80. The third-order valence-corrected chi connectivity index (χ3v) is 3.02. The van der Waals surface area contributed by atoms with Crippen molar-refractivity contribution >= 4 is 17.6 Å². The number of rotatable bonds is 5. The van der Waals surface area contributed by atoms with E-state index in [4.69, 9.17) is 4.42 Å². The number of carbonyl (C=O) groups is 2. The molecule has 2 aromatic rings. The number of nitrogens with one attached hydrogen (secondary N) is 2. The van der Waals surface area contributed by atoms with E-state index in [2.05, 4.69) is 20.6 Å². The van der Waals surface area contributed by atoms with Crippen LogP contribution in [0.1, 0.15) is 34.1 Å². The molecule has 22 heavy (non-hydrogen) atoms. The van der Waals surface area contributed by atoms with E-state index in [-0.39, 0.29) is 30.5 Å². The van der Waals surface area contributed by atoms with Gasteiger partial charge >= 0.3 is 0 Å². The molecule has 2 rings (SSSR count). The predicted octanol–water partition coefficient (Wildman–Crippen LogP) is 1.75. The van der Waals surface area contributed by atoms with Gasteiger partial charge in [0.05, 0.1) is 0 Å². The quantitative estimate of drug-likeness (QED) is 0.877. The Hall–Kier alpha value is -2.70. The van der Waals surface area contributed by atoms with Crippen molar-refractivity contribution in [2.24, 2.45) is 0 Å². The maximum Gasteiger partial charge on any atom is 0.273 e. The summed E-state index contributed by atoms with van der Waals surface area (Å²) in [4.78, 5) is 31.8. The van der Waals surface area contributed by atoms with Crippen molar-refractivity contribution < 1.29 is 14.0 Å². The molecule has 0 radical (unpaired) electrons. The van der Waals surface area contributed by atoms with Crippen LogP contribution in [0.3, 0.4) is 0 Å². The van der Waals surface area contributed by atoms with Gasteiger partial charge in [0.1, 0.15) is 11.6 Å². The molecule has 0 unspecified atom stereocenters. The van der Waals surface area contributed by atoms with Crippen LogP contribution in [-0.2, 0) is 4.79 Å². The molecule has 0 aliphatic carbocycles. The standard InChI is InChI=1S/C15H18N4O3/c1-9-5-4-7-16-14(9)19-12(20)6-8-17-15(21)13-10(2)22-11(3)18-13/h4-5,7H,6,8H2,1-3H3,(H,17,21)(H,16,19,20). The zero-order valence-corrected chi connectivity index (χ0v) is 12.8. The van der Waals surface area contributed by atoms with Gasteiger partial charge in [-0.3, -0.25) is 9.59 Å². The number of aryl methyl sites for hydroxylation is 3. The smallest absolute Gasteiger partial charge is 0.273 e. The minimum absolute atomic E-state index is 0.150. The molecule has 7 nitrogen and oxygen atoms in total. The van der Waals surface area contributed by atoms with E-state index in [0.29, 0.717) is 17.5 Å². The van der Waals surface area contributed by atoms with Crippen molar-refractivity contribution in [2.75, 3.05) is 11.9 Å². The van der Waals surface area contributed by atoms with Gasteiger partial charge in [-0.1, -0.05) is 6.07 Å². The zero-order valence-electron chi connectivity index (χ0n) is 12.8. The van der Waals surface area contributed by atoms with Crippen molar-refractivity contribution in [3.8, 4) is 0 Å². The van der Waals surface area contributed by atoms with E-state index in [1.54, 1.807) is 26.1 Å². The molecular weight excluding hydrogens is 284 g/mol. The van der Waals surface area contributed by atoms with E-state index >= 15 is 0 Å². The van der Waals surface area contributed by atoms with Gasteiger partial charge in [-0.25, -0.2) is 9.97 Å². The van der Waals surface area contributed by atoms with E-state index in [9.17, 15) is 9.59 Å². The summed E-state index contributed by atoms with van der Waals surface area (Å²) in [7, 11) is 0. The maximum absolute atomic E-state index is 11.9. The summed E-state index contributed by atoms with van der Waals surface area (Å²) in [6.07, 6.45) is 1.76. The lowest BCUT2D eigenvalue weighted by Crippen LogP contribution is -2.28. The number of hydrogen-bond donors (Lipinski definition) is 2. The van der Waals surface area contributed by atoms with Crippen LogP contribution < -0.4 is 10.6 Å². The number of hydrogen-bond acceptors (Lipinski definition) is 5. The molecule has 0 fully saturated rings. The number of amides is 2. The highest BCUT2D eigenvalue weighted by Crippen LogP contribution is 2.10. The molecule has 2 aromatic heterocycles. The molecule has 0 aliphatic rings. The summed E-state index contributed by atoms with van der Waals surface area (Å²) in [5, 5.41) is 5.35. The number of nitrogens with zero attached hydrogens (tertiary/aromatic N) is 2. The molecule has 0 bridgehead atoms. The fraction of sp³-hybridized carbons (Fsp3) is 0.333. The number of oxazole rings is 1. The van der Waals surface area contributed by atoms with Crippen LogP contribution in [0.4, 0.5) is 5.82 Å². The highest BCUT2D eigenvalue weighted by Gasteiger charge is 2.15. The third-order valence-electron chi connectivity index (χ3n) is 3.02. The van der Waals surface area contributed by atoms with E-state index in [1.807, 2.05) is 13.0 Å². The lowest BCUT2D eigenvalue weighted by molar-refractivity contribution is -0.116. The predicted molar refractivity (Wildman–Crippen MR) is 80.5 cm³/mol. The van der Waals surface area contributed by atoms with Gasteiger partial charge in [0.25, 0.3) is 5.91 Å². The Balaban J connectivity index is 1.81. The molecule has 2 heterocycles.